The van der Waals surface area contributed by atoms with Crippen LogP contribution in [0.3, 0.4) is 0 Å². The summed E-state index contributed by atoms with van der Waals surface area (Å²) in [7, 11) is 0. The van der Waals surface area contributed by atoms with Crippen molar-refractivity contribution >= 4 is 63.8 Å². The molecule has 0 bridgehead atoms. The van der Waals surface area contributed by atoms with Crippen molar-refractivity contribution in [2.45, 2.75) is 0 Å². The zero-order chi connectivity index (χ0) is 35.3. The molecule has 0 unspecified atom stereocenters. The van der Waals surface area contributed by atoms with E-state index in [9.17, 15) is 0 Å². The van der Waals surface area contributed by atoms with Gasteiger partial charge in [-0.05, 0) is 5.56 Å². The fourth-order valence-electron chi connectivity index (χ4n) is 7.66. The van der Waals surface area contributed by atoms with Gasteiger partial charge in [0.05, 0.1) is 0 Å². The molecule has 10 rings (SSSR count). The molecular weight excluding hydrogens is 708 g/mol. The molecule has 53 heavy (non-hydrogen) atoms. The quantitative estimate of drug-likeness (QED) is 0.130. The normalized spacial score (nSPS) is 11.5. The predicted molar refractivity (Wildman–Crippen MR) is 225 cm³/mol. The molecule has 0 aliphatic rings. The number of nitrogens with zero attached hydrogens (tertiary/aromatic N) is 2. The van der Waals surface area contributed by atoms with E-state index in [-0.39, 0.29) is 0 Å². The molecule has 0 saturated heterocycles. The Balaban J connectivity index is 1.15. The van der Waals surface area contributed by atoms with Crippen LogP contribution in [-0.2, 0) is 0 Å². The second kappa shape index (κ2) is 13.0. The topological polar surface area (TPSA) is 25.8 Å². The summed E-state index contributed by atoms with van der Waals surface area (Å²) >= 11 is 3.44. The third-order valence-electron chi connectivity index (χ3n) is 10.3. The molecule has 0 spiro atoms. The first-order chi connectivity index (χ1) is 26.2. The molecule has 1 radical (unpaired) electrons. The van der Waals surface area contributed by atoms with Gasteiger partial charge in [-0.2, -0.15) is 0 Å². The van der Waals surface area contributed by atoms with Crippen molar-refractivity contribution < 1.29 is 0 Å². The predicted octanol–water partition coefficient (Wildman–Crippen LogP) is 12.2. The van der Waals surface area contributed by atoms with Gasteiger partial charge in [0.1, 0.15) is 0 Å². The van der Waals surface area contributed by atoms with Gasteiger partial charge in [-0.3, -0.25) is 0 Å². The number of hydrogen-bond donors (Lipinski definition) is 0. The fraction of sp³-hybridized carbons (Fsp3) is 0. The number of hydrogen-bond acceptors (Lipinski definition) is 2. The van der Waals surface area contributed by atoms with E-state index in [1.54, 1.807) is 0 Å². The summed E-state index contributed by atoms with van der Waals surface area (Å²) in [6, 6.07) is 67.1. The summed E-state index contributed by atoms with van der Waals surface area (Å²) < 4.78 is 1.05. The SMILES string of the molecule is [Se]c1c(-c2cccc(-c3ccccc3)c2)cccc1-c1nc2ccccc2nc1-c1ccc2ccc3c4cc(-c5ccccc5)ccc4ccc3c2c1. The summed E-state index contributed by atoms with van der Waals surface area (Å²) in [6.45, 7) is 0. The average Bonchev–Trinajstić information content (AvgIpc) is 3.23. The molecule has 9 aromatic carbocycles. The Morgan fingerprint density at radius 2 is 0.774 bits per heavy atom. The third-order valence-corrected chi connectivity index (χ3v) is 11.3. The van der Waals surface area contributed by atoms with Gasteiger partial charge in [0.15, 0.2) is 0 Å². The second-order valence-electron chi connectivity index (χ2n) is 13.5. The zero-order valence-electron chi connectivity index (χ0n) is 28.7. The van der Waals surface area contributed by atoms with Crippen LogP contribution in [0.25, 0.3) is 99.2 Å². The first-order valence-corrected chi connectivity index (χ1v) is 18.7. The molecule has 3 heteroatoms. The van der Waals surface area contributed by atoms with Gasteiger partial charge in [-0.1, -0.05) is 36.4 Å². The summed E-state index contributed by atoms with van der Waals surface area (Å²) in [6.07, 6.45) is 0. The van der Waals surface area contributed by atoms with Gasteiger partial charge in [-0.15, -0.1) is 0 Å². The molecular formula is C50H31N2Se. The molecule has 0 N–H and O–H groups in total. The van der Waals surface area contributed by atoms with Crippen molar-refractivity contribution in [3.63, 3.8) is 0 Å². The molecule has 2 nitrogen and oxygen atoms in total. The van der Waals surface area contributed by atoms with Crippen molar-refractivity contribution in [3.05, 3.63) is 188 Å². The number of benzene rings is 9. The van der Waals surface area contributed by atoms with Crippen LogP contribution in [-0.4, -0.2) is 26.0 Å². The maximum absolute atomic E-state index is 5.32. The van der Waals surface area contributed by atoms with E-state index < -0.39 is 0 Å². The van der Waals surface area contributed by atoms with Crippen molar-refractivity contribution in [2.75, 3.05) is 0 Å². The second-order valence-corrected chi connectivity index (χ2v) is 14.4. The van der Waals surface area contributed by atoms with E-state index >= 15 is 0 Å². The van der Waals surface area contributed by atoms with Gasteiger partial charge in [0.25, 0.3) is 0 Å². The first-order valence-electron chi connectivity index (χ1n) is 17.9. The Bertz CT molecular complexity index is 3010. The first kappa shape index (κ1) is 31.4. The van der Waals surface area contributed by atoms with Crippen molar-refractivity contribution in [2.24, 2.45) is 0 Å². The number of aromatic nitrogens is 2. The van der Waals surface area contributed by atoms with Crippen LogP contribution in [0, 0.1) is 0 Å². The van der Waals surface area contributed by atoms with E-state index in [1.807, 2.05) is 24.3 Å². The molecule has 1 heterocycles. The van der Waals surface area contributed by atoms with Crippen molar-refractivity contribution in [3.8, 4) is 55.9 Å². The Hall–Kier alpha value is -6.38. The Morgan fingerprint density at radius 1 is 0.302 bits per heavy atom. The maximum atomic E-state index is 5.32. The average molecular weight is 739 g/mol. The molecule has 10 aromatic rings. The molecule has 1 aromatic heterocycles. The summed E-state index contributed by atoms with van der Waals surface area (Å²) in [4.78, 5) is 10.6. The van der Waals surface area contributed by atoms with Gasteiger partial charge < -0.3 is 0 Å². The monoisotopic (exact) mass is 739 g/mol. The molecule has 0 fully saturated rings. The number of fused-ring (bicyclic) bond motifs is 6. The number of para-hydroxylation sites is 2. The van der Waals surface area contributed by atoms with Gasteiger partial charge in [-0.25, -0.2) is 0 Å². The molecule has 0 atom stereocenters. The molecule has 0 amide bonds. The Kier molecular flexibility index (Phi) is 7.69. The number of rotatable bonds is 5. The summed E-state index contributed by atoms with van der Waals surface area (Å²) in [5.41, 5.74) is 12.6. The van der Waals surface area contributed by atoms with Crippen LogP contribution in [0.5, 0.6) is 0 Å². The van der Waals surface area contributed by atoms with Crippen LogP contribution in [0.4, 0.5) is 0 Å². The van der Waals surface area contributed by atoms with E-state index in [2.05, 4.69) is 180 Å². The van der Waals surface area contributed by atoms with Gasteiger partial charge in [0, 0.05) is 0 Å². The summed E-state index contributed by atoms with van der Waals surface area (Å²) in [5.74, 6) is 0. The molecule has 0 aliphatic heterocycles. The van der Waals surface area contributed by atoms with Gasteiger partial charge >= 0.3 is 276 Å². The fourth-order valence-corrected chi connectivity index (χ4v) is 8.40. The van der Waals surface area contributed by atoms with Gasteiger partial charge in [0.2, 0.25) is 0 Å². The van der Waals surface area contributed by atoms with E-state index in [1.165, 1.54) is 54.6 Å². The van der Waals surface area contributed by atoms with E-state index in [0.29, 0.717) is 0 Å². The Labute approximate surface area is 316 Å². The van der Waals surface area contributed by atoms with Crippen LogP contribution >= 0.6 is 0 Å². The minimum atomic E-state index is 0.857. The van der Waals surface area contributed by atoms with Crippen LogP contribution in [0.15, 0.2) is 188 Å². The van der Waals surface area contributed by atoms with E-state index in [0.717, 1.165) is 49.1 Å². The van der Waals surface area contributed by atoms with Crippen molar-refractivity contribution in [1.82, 2.24) is 9.97 Å². The van der Waals surface area contributed by atoms with E-state index in [4.69, 9.17) is 9.97 Å². The zero-order valence-corrected chi connectivity index (χ0v) is 30.4. The third kappa shape index (κ3) is 5.59. The van der Waals surface area contributed by atoms with Crippen molar-refractivity contribution in [1.29, 1.82) is 0 Å². The molecule has 247 valence electrons. The van der Waals surface area contributed by atoms with Crippen LogP contribution < -0.4 is 4.46 Å². The molecule has 0 aliphatic carbocycles. The summed E-state index contributed by atoms with van der Waals surface area (Å²) in [5, 5.41) is 7.34. The van der Waals surface area contributed by atoms with Crippen LogP contribution in [0.2, 0.25) is 0 Å². The minimum absolute atomic E-state index is 0.857. The Morgan fingerprint density at radius 3 is 1.43 bits per heavy atom. The van der Waals surface area contributed by atoms with Crippen LogP contribution in [0.1, 0.15) is 0 Å². The standard InChI is InChI=1S/C50H31N2Se/c53-50-40(38-16-9-15-36(29-38)32-11-3-1-4-12-32)17-10-18-43(50)49-48(51-46-19-7-8-20-47(46)52-49)39-24-22-35-26-27-41-42(45(35)31-39)28-25-34-21-23-37(30-44(34)41)33-13-5-2-6-14-33/h1-31H. The molecule has 0 saturated carbocycles.